The minimum atomic E-state index is -0.292. The molecule has 0 atom stereocenters. The average molecular weight is 395 g/mol. The number of carbonyl (C=O) groups excluding carboxylic acids is 2. The van der Waals surface area contributed by atoms with Crippen LogP contribution in [0.1, 0.15) is 32.5 Å². The topological polar surface area (TPSA) is 105 Å². The molecule has 29 heavy (non-hydrogen) atoms. The van der Waals surface area contributed by atoms with Crippen LogP contribution < -0.4 is 10.2 Å². The van der Waals surface area contributed by atoms with Gasteiger partial charge in [0.1, 0.15) is 11.5 Å². The van der Waals surface area contributed by atoms with Crippen molar-refractivity contribution in [2.45, 2.75) is 13.5 Å². The molecule has 3 aromatic heterocycles. The number of hydrogen-bond donors (Lipinski definition) is 1. The number of anilines is 1. The Bertz CT molecular complexity index is 976. The summed E-state index contributed by atoms with van der Waals surface area (Å²) in [6.45, 7) is 4.31. The van der Waals surface area contributed by atoms with Crippen molar-refractivity contribution in [3.63, 3.8) is 0 Å². The van der Waals surface area contributed by atoms with Crippen LogP contribution in [0.2, 0.25) is 0 Å². The predicted octanol–water partition coefficient (Wildman–Crippen LogP) is 1.86. The Labute approximate surface area is 167 Å². The van der Waals surface area contributed by atoms with E-state index in [4.69, 9.17) is 8.83 Å². The van der Waals surface area contributed by atoms with Gasteiger partial charge in [0.05, 0.1) is 19.1 Å². The molecule has 150 valence electrons. The molecule has 2 amide bonds. The largest absolute Gasteiger partial charge is 0.467 e. The van der Waals surface area contributed by atoms with Gasteiger partial charge in [0, 0.05) is 31.9 Å². The highest BCUT2D eigenvalue weighted by Gasteiger charge is 2.25. The van der Waals surface area contributed by atoms with Crippen molar-refractivity contribution in [2.24, 2.45) is 0 Å². The number of nitrogens with one attached hydrogen (secondary N) is 1. The third kappa shape index (κ3) is 4.29. The second-order valence-electron chi connectivity index (χ2n) is 6.71. The highest BCUT2D eigenvalue weighted by atomic mass is 16.3. The summed E-state index contributed by atoms with van der Waals surface area (Å²) in [5.74, 6) is 1.07. The maximum Gasteiger partial charge on any atom is 0.289 e. The van der Waals surface area contributed by atoms with Crippen LogP contribution in [0, 0.1) is 6.92 Å². The van der Waals surface area contributed by atoms with E-state index >= 15 is 0 Å². The van der Waals surface area contributed by atoms with Gasteiger partial charge in [0.15, 0.2) is 5.76 Å². The fourth-order valence-corrected chi connectivity index (χ4v) is 3.15. The number of furan rings is 2. The van der Waals surface area contributed by atoms with Crippen LogP contribution >= 0.6 is 0 Å². The van der Waals surface area contributed by atoms with Gasteiger partial charge in [0.2, 0.25) is 5.95 Å². The van der Waals surface area contributed by atoms with Crippen LogP contribution in [0.25, 0.3) is 0 Å². The lowest BCUT2D eigenvalue weighted by molar-refractivity contribution is 0.0714. The quantitative estimate of drug-likeness (QED) is 0.703. The summed E-state index contributed by atoms with van der Waals surface area (Å²) >= 11 is 0. The van der Waals surface area contributed by atoms with E-state index in [9.17, 15) is 9.59 Å². The smallest absolute Gasteiger partial charge is 0.289 e. The van der Waals surface area contributed by atoms with E-state index in [1.165, 1.54) is 6.26 Å². The van der Waals surface area contributed by atoms with Crippen molar-refractivity contribution in [3.8, 4) is 0 Å². The Balaban J connectivity index is 1.40. The first kappa shape index (κ1) is 18.7. The van der Waals surface area contributed by atoms with Gasteiger partial charge in [-0.05, 0) is 37.3 Å². The fraction of sp³-hybridized carbons (Fsp3) is 0.300. The predicted molar refractivity (Wildman–Crippen MR) is 103 cm³/mol. The van der Waals surface area contributed by atoms with Gasteiger partial charge >= 0.3 is 0 Å². The van der Waals surface area contributed by atoms with Gasteiger partial charge in [-0.25, -0.2) is 9.97 Å². The molecule has 1 saturated heterocycles. The van der Waals surface area contributed by atoms with Crippen LogP contribution in [0.3, 0.4) is 0 Å². The maximum absolute atomic E-state index is 12.5. The van der Waals surface area contributed by atoms with Gasteiger partial charge in [-0.15, -0.1) is 0 Å². The van der Waals surface area contributed by atoms with Crippen molar-refractivity contribution in [2.75, 3.05) is 31.1 Å². The summed E-state index contributed by atoms with van der Waals surface area (Å²) < 4.78 is 10.4. The van der Waals surface area contributed by atoms with E-state index in [0.717, 1.165) is 0 Å². The van der Waals surface area contributed by atoms with Crippen LogP contribution in [0.15, 0.2) is 51.7 Å². The minimum Gasteiger partial charge on any atom is -0.467 e. The molecule has 0 saturated carbocycles. The standard InChI is InChI=1S/C20H21N5O4/c1-14-12-16(18(26)21-13-15-4-2-10-28-15)23-20(22-14)25-8-6-24(7-9-25)19(27)17-5-3-11-29-17/h2-5,10-12H,6-9,13H2,1H3,(H,21,26). The molecule has 1 fully saturated rings. The van der Waals surface area contributed by atoms with Crippen molar-refractivity contribution in [3.05, 3.63) is 65.8 Å². The van der Waals surface area contributed by atoms with Gasteiger partial charge in [-0.3, -0.25) is 9.59 Å². The van der Waals surface area contributed by atoms with E-state index in [2.05, 4.69) is 15.3 Å². The molecule has 0 bridgehead atoms. The van der Waals surface area contributed by atoms with E-state index in [0.29, 0.717) is 55.0 Å². The number of amides is 2. The summed E-state index contributed by atoms with van der Waals surface area (Å²) in [5, 5.41) is 2.79. The Morgan fingerprint density at radius 2 is 1.83 bits per heavy atom. The number of aryl methyl sites for hydroxylation is 1. The van der Waals surface area contributed by atoms with Gasteiger partial charge in [-0.1, -0.05) is 0 Å². The first-order chi connectivity index (χ1) is 14.1. The SMILES string of the molecule is Cc1cc(C(=O)NCc2ccco2)nc(N2CCN(C(=O)c3ccco3)CC2)n1. The number of rotatable bonds is 5. The van der Waals surface area contributed by atoms with Crippen LogP contribution in [-0.4, -0.2) is 52.9 Å². The first-order valence-corrected chi connectivity index (χ1v) is 9.34. The highest BCUT2D eigenvalue weighted by molar-refractivity contribution is 5.92. The summed E-state index contributed by atoms with van der Waals surface area (Å²) in [6.07, 6.45) is 3.05. The van der Waals surface area contributed by atoms with Gasteiger partial charge < -0.3 is 24.0 Å². The van der Waals surface area contributed by atoms with Gasteiger partial charge in [-0.2, -0.15) is 0 Å². The Kier molecular flexibility index (Phi) is 5.28. The van der Waals surface area contributed by atoms with E-state index in [1.54, 1.807) is 41.5 Å². The van der Waals surface area contributed by atoms with Crippen molar-refractivity contribution in [1.29, 1.82) is 0 Å². The zero-order chi connectivity index (χ0) is 20.2. The molecule has 4 heterocycles. The second-order valence-corrected chi connectivity index (χ2v) is 6.71. The van der Waals surface area contributed by atoms with Crippen LogP contribution in [0.5, 0.6) is 0 Å². The molecule has 0 radical (unpaired) electrons. The molecule has 1 N–H and O–H groups in total. The molecular formula is C20H21N5O4. The monoisotopic (exact) mass is 395 g/mol. The van der Waals surface area contributed by atoms with Crippen molar-refractivity contribution >= 4 is 17.8 Å². The number of nitrogens with zero attached hydrogens (tertiary/aromatic N) is 4. The number of aromatic nitrogens is 2. The molecule has 0 unspecified atom stereocenters. The highest BCUT2D eigenvalue weighted by Crippen LogP contribution is 2.15. The van der Waals surface area contributed by atoms with E-state index in [1.807, 2.05) is 11.8 Å². The summed E-state index contributed by atoms with van der Waals surface area (Å²) in [7, 11) is 0. The molecule has 0 aromatic carbocycles. The molecule has 0 aliphatic carbocycles. The minimum absolute atomic E-state index is 0.127. The lowest BCUT2D eigenvalue weighted by Gasteiger charge is -2.34. The lowest BCUT2D eigenvalue weighted by atomic mass is 10.3. The zero-order valence-corrected chi connectivity index (χ0v) is 16.0. The molecule has 0 spiro atoms. The van der Waals surface area contributed by atoms with E-state index < -0.39 is 0 Å². The Morgan fingerprint density at radius 1 is 1.07 bits per heavy atom. The van der Waals surface area contributed by atoms with E-state index in [-0.39, 0.29) is 18.4 Å². The zero-order valence-electron chi connectivity index (χ0n) is 16.0. The molecular weight excluding hydrogens is 374 g/mol. The molecule has 9 heteroatoms. The summed E-state index contributed by atoms with van der Waals surface area (Å²) in [4.78, 5) is 37.5. The van der Waals surface area contributed by atoms with Crippen LogP contribution in [-0.2, 0) is 6.54 Å². The number of piperazine rings is 1. The maximum atomic E-state index is 12.5. The Hall–Kier alpha value is -3.62. The lowest BCUT2D eigenvalue weighted by Crippen LogP contribution is -2.49. The van der Waals surface area contributed by atoms with Crippen molar-refractivity contribution in [1.82, 2.24) is 20.2 Å². The molecule has 9 nitrogen and oxygen atoms in total. The first-order valence-electron chi connectivity index (χ1n) is 9.34. The van der Waals surface area contributed by atoms with Crippen LogP contribution in [0.4, 0.5) is 5.95 Å². The number of hydrogen-bond acceptors (Lipinski definition) is 7. The normalized spacial score (nSPS) is 14.1. The number of carbonyl (C=O) groups is 2. The third-order valence-electron chi connectivity index (χ3n) is 4.66. The van der Waals surface area contributed by atoms with Gasteiger partial charge in [0.25, 0.3) is 11.8 Å². The average Bonchev–Trinajstić information content (AvgIpc) is 3.45. The fourth-order valence-electron chi connectivity index (χ4n) is 3.15. The summed E-state index contributed by atoms with van der Waals surface area (Å²) in [5.41, 5.74) is 1.00. The summed E-state index contributed by atoms with van der Waals surface area (Å²) in [6, 6.07) is 8.57. The molecule has 4 rings (SSSR count). The van der Waals surface area contributed by atoms with Crippen molar-refractivity contribution < 1.29 is 18.4 Å². The Morgan fingerprint density at radius 3 is 2.52 bits per heavy atom. The second kappa shape index (κ2) is 8.17. The molecule has 1 aliphatic rings. The third-order valence-corrected chi connectivity index (χ3v) is 4.66. The molecule has 3 aromatic rings. The molecule has 1 aliphatic heterocycles.